The number of piperidine rings is 1. The predicted molar refractivity (Wildman–Crippen MR) is 75.8 cm³/mol. The van der Waals surface area contributed by atoms with E-state index in [-0.39, 0.29) is 28.7 Å². The summed E-state index contributed by atoms with van der Waals surface area (Å²) in [6.07, 6.45) is 1.23. The number of hydrogen-bond acceptors (Lipinski definition) is 4. The van der Waals surface area contributed by atoms with E-state index in [1.54, 1.807) is 6.92 Å². The summed E-state index contributed by atoms with van der Waals surface area (Å²) in [5, 5.41) is 18.2. The molecule has 0 atom stereocenters. The first kappa shape index (κ1) is 16.0. The summed E-state index contributed by atoms with van der Waals surface area (Å²) in [5.74, 6) is -1.03. The molecule has 1 saturated heterocycles. The Labute approximate surface area is 123 Å². The highest BCUT2D eigenvalue weighted by Gasteiger charge is 2.33. The number of H-pyrrole nitrogens is 1. The Bertz CT molecular complexity index is 642. The lowest BCUT2D eigenvalue weighted by Gasteiger charge is -2.30. The molecule has 1 aromatic rings. The molecule has 2 rings (SSSR count). The van der Waals surface area contributed by atoms with E-state index in [4.69, 9.17) is 10.2 Å². The van der Waals surface area contributed by atoms with Crippen LogP contribution in [0.4, 0.5) is 0 Å². The van der Waals surface area contributed by atoms with Gasteiger partial charge in [0, 0.05) is 31.0 Å². The minimum Gasteiger partial charge on any atom is -0.477 e. The Morgan fingerprint density at radius 1 is 1.33 bits per heavy atom. The number of rotatable bonds is 4. The molecule has 0 amide bonds. The van der Waals surface area contributed by atoms with Gasteiger partial charge >= 0.3 is 5.97 Å². The number of carboxylic acid groups (broad SMARTS) is 1. The largest absolute Gasteiger partial charge is 0.477 e. The Balaban J connectivity index is 2.35. The van der Waals surface area contributed by atoms with E-state index >= 15 is 0 Å². The topological polar surface area (TPSA) is 111 Å². The molecule has 7 nitrogen and oxygen atoms in total. The number of sulfonamides is 1. The number of aliphatic hydroxyl groups excluding tert-OH is 1. The number of aromatic nitrogens is 1. The summed E-state index contributed by atoms with van der Waals surface area (Å²) in [6, 6.07) is 0. The van der Waals surface area contributed by atoms with E-state index in [0.29, 0.717) is 31.6 Å². The fraction of sp³-hybridized carbons (Fsp3) is 0.615. The van der Waals surface area contributed by atoms with Crippen molar-refractivity contribution in [1.82, 2.24) is 9.29 Å². The van der Waals surface area contributed by atoms with Gasteiger partial charge in [0.15, 0.2) is 0 Å². The second kappa shape index (κ2) is 5.78. The van der Waals surface area contributed by atoms with Crippen LogP contribution in [0.5, 0.6) is 0 Å². The van der Waals surface area contributed by atoms with E-state index in [9.17, 15) is 13.2 Å². The Morgan fingerprint density at radius 3 is 2.33 bits per heavy atom. The quantitative estimate of drug-likeness (QED) is 0.758. The third kappa shape index (κ3) is 2.83. The number of aryl methyl sites for hydroxylation is 1. The van der Waals surface area contributed by atoms with Crippen molar-refractivity contribution < 1.29 is 23.4 Å². The van der Waals surface area contributed by atoms with Crippen molar-refractivity contribution in [3.8, 4) is 0 Å². The van der Waals surface area contributed by atoms with Crippen molar-refractivity contribution in [3.63, 3.8) is 0 Å². The SMILES string of the molecule is Cc1[nH]c(C(=O)O)c(C)c1S(=O)(=O)N1CCC(CO)CC1. The van der Waals surface area contributed by atoms with Gasteiger partial charge in [0.25, 0.3) is 0 Å². The molecule has 1 aliphatic heterocycles. The number of aromatic amines is 1. The molecule has 0 bridgehead atoms. The average molecular weight is 316 g/mol. The standard InChI is InChI=1S/C13H20N2O5S/c1-8-11(13(17)18)14-9(2)12(8)21(19,20)15-5-3-10(7-16)4-6-15/h10,14,16H,3-7H2,1-2H3,(H,17,18). The van der Waals surface area contributed by atoms with E-state index < -0.39 is 16.0 Å². The second-order valence-electron chi connectivity index (χ2n) is 5.41. The predicted octanol–water partition coefficient (Wildman–Crippen LogP) is 0.723. The minimum atomic E-state index is -3.71. The van der Waals surface area contributed by atoms with Crippen LogP contribution < -0.4 is 0 Å². The molecule has 1 aromatic heterocycles. The average Bonchev–Trinajstić information content (AvgIpc) is 2.74. The van der Waals surface area contributed by atoms with Crippen LogP contribution in [0, 0.1) is 19.8 Å². The number of aliphatic hydroxyl groups is 1. The van der Waals surface area contributed by atoms with Crippen LogP contribution in [0.3, 0.4) is 0 Å². The highest BCUT2D eigenvalue weighted by Crippen LogP contribution is 2.29. The molecule has 2 heterocycles. The van der Waals surface area contributed by atoms with Gasteiger partial charge in [-0.1, -0.05) is 0 Å². The summed E-state index contributed by atoms with van der Waals surface area (Å²) in [5.41, 5.74) is 0.495. The van der Waals surface area contributed by atoms with Gasteiger partial charge in [0.1, 0.15) is 10.6 Å². The van der Waals surface area contributed by atoms with Crippen molar-refractivity contribution in [2.24, 2.45) is 5.92 Å². The number of aromatic carboxylic acids is 1. The number of carbonyl (C=O) groups is 1. The number of nitrogens with zero attached hydrogens (tertiary/aromatic N) is 1. The van der Waals surface area contributed by atoms with Gasteiger partial charge in [-0.15, -0.1) is 0 Å². The summed E-state index contributed by atoms with van der Waals surface area (Å²) < 4.78 is 26.8. The number of nitrogens with one attached hydrogen (secondary N) is 1. The van der Waals surface area contributed by atoms with E-state index in [2.05, 4.69) is 4.98 Å². The van der Waals surface area contributed by atoms with Crippen LogP contribution in [0.15, 0.2) is 4.90 Å². The van der Waals surface area contributed by atoms with Crippen LogP contribution in [0.25, 0.3) is 0 Å². The zero-order chi connectivity index (χ0) is 15.8. The first-order chi connectivity index (χ1) is 9.78. The van der Waals surface area contributed by atoms with Crippen LogP contribution in [-0.4, -0.2) is 53.6 Å². The molecule has 0 saturated carbocycles. The maximum Gasteiger partial charge on any atom is 0.352 e. The van der Waals surface area contributed by atoms with Gasteiger partial charge in [-0.05, 0) is 32.6 Å². The minimum absolute atomic E-state index is 0.0577. The fourth-order valence-electron chi connectivity index (χ4n) is 2.79. The van der Waals surface area contributed by atoms with Gasteiger partial charge in [0.2, 0.25) is 10.0 Å². The maximum absolute atomic E-state index is 12.7. The number of hydrogen-bond donors (Lipinski definition) is 3. The van der Waals surface area contributed by atoms with Crippen molar-refractivity contribution in [2.45, 2.75) is 31.6 Å². The second-order valence-corrected chi connectivity index (χ2v) is 7.29. The van der Waals surface area contributed by atoms with Gasteiger partial charge in [-0.2, -0.15) is 4.31 Å². The number of carboxylic acids is 1. The summed E-state index contributed by atoms with van der Waals surface area (Å²) in [7, 11) is -3.71. The first-order valence-corrected chi connectivity index (χ1v) is 8.26. The van der Waals surface area contributed by atoms with Gasteiger partial charge < -0.3 is 15.2 Å². The molecule has 0 unspecified atom stereocenters. The molecule has 0 radical (unpaired) electrons. The van der Waals surface area contributed by atoms with Crippen LogP contribution in [-0.2, 0) is 10.0 Å². The molecule has 118 valence electrons. The molecule has 8 heteroatoms. The summed E-state index contributed by atoms with van der Waals surface area (Å²) in [4.78, 5) is 13.8. The monoisotopic (exact) mass is 316 g/mol. The zero-order valence-corrected chi connectivity index (χ0v) is 12.9. The van der Waals surface area contributed by atoms with Crippen LogP contribution >= 0.6 is 0 Å². The lowest BCUT2D eigenvalue weighted by Crippen LogP contribution is -2.39. The fourth-order valence-corrected chi connectivity index (χ4v) is 4.67. The van der Waals surface area contributed by atoms with Crippen molar-refractivity contribution in [2.75, 3.05) is 19.7 Å². The Morgan fingerprint density at radius 2 is 1.90 bits per heavy atom. The highest BCUT2D eigenvalue weighted by molar-refractivity contribution is 7.89. The molecule has 1 aliphatic rings. The van der Waals surface area contributed by atoms with E-state index in [1.165, 1.54) is 11.2 Å². The van der Waals surface area contributed by atoms with Crippen LogP contribution in [0.1, 0.15) is 34.6 Å². The lowest BCUT2D eigenvalue weighted by molar-refractivity contribution is 0.0690. The van der Waals surface area contributed by atoms with Crippen LogP contribution in [0.2, 0.25) is 0 Å². The lowest BCUT2D eigenvalue weighted by atomic mass is 10.00. The normalized spacial score (nSPS) is 18.0. The molecule has 0 aliphatic carbocycles. The molecule has 21 heavy (non-hydrogen) atoms. The molecule has 0 aromatic carbocycles. The van der Waals surface area contributed by atoms with Gasteiger partial charge in [-0.3, -0.25) is 0 Å². The molecular formula is C13H20N2O5S. The molecule has 0 spiro atoms. The smallest absolute Gasteiger partial charge is 0.352 e. The van der Waals surface area contributed by atoms with Gasteiger partial charge in [0.05, 0.1) is 0 Å². The van der Waals surface area contributed by atoms with Crippen molar-refractivity contribution >= 4 is 16.0 Å². The van der Waals surface area contributed by atoms with Gasteiger partial charge in [-0.25, -0.2) is 13.2 Å². The highest BCUT2D eigenvalue weighted by atomic mass is 32.2. The Hall–Kier alpha value is -1.38. The molecule has 3 N–H and O–H groups in total. The van der Waals surface area contributed by atoms with E-state index in [1.807, 2.05) is 0 Å². The van der Waals surface area contributed by atoms with Crippen molar-refractivity contribution in [3.05, 3.63) is 17.0 Å². The van der Waals surface area contributed by atoms with Crippen molar-refractivity contribution in [1.29, 1.82) is 0 Å². The first-order valence-electron chi connectivity index (χ1n) is 6.82. The molecular weight excluding hydrogens is 296 g/mol. The Kier molecular flexibility index (Phi) is 4.40. The van der Waals surface area contributed by atoms with E-state index in [0.717, 1.165) is 0 Å². The third-order valence-electron chi connectivity index (χ3n) is 4.01. The summed E-state index contributed by atoms with van der Waals surface area (Å²) >= 11 is 0. The summed E-state index contributed by atoms with van der Waals surface area (Å²) in [6.45, 7) is 3.83. The maximum atomic E-state index is 12.7. The molecule has 1 fully saturated rings. The third-order valence-corrected chi connectivity index (χ3v) is 6.19. The zero-order valence-electron chi connectivity index (χ0n) is 12.1.